The molecule has 9 N–H and O–H groups in total. The molecule has 0 radical (unpaired) electrons. The fourth-order valence-corrected chi connectivity index (χ4v) is 5.76. The molecule has 0 spiro atoms. The van der Waals surface area contributed by atoms with E-state index in [2.05, 4.69) is 20.9 Å². The van der Waals surface area contributed by atoms with Crippen molar-refractivity contribution in [3.05, 3.63) is 24.5 Å². The summed E-state index contributed by atoms with van der Waals surface area (Å²) in [6.45, 7) is 5.39. The normalized spacial score (nSPS) is 21.5. The smallest absolute Gasteiger partial charge is 0.334 e. The maximum Gasteiger partial charge on any atom is 0.334 e. The molecule has 9 atom stereocenters. The number of primary amides is 1. The Balaban J connectivity index is 2.23. The number of nitrogens with two attached hydrogens (primary N) is 2. The number of aliphatic hydroxyl groups is 2. The zero-order valence-electron chi connectivity index (χ0n) is 31.6. The molecule has 20 nitrogen and oxygen atoms in total. The number of ether oxygens (including phenoxy) is 4. The van der Waals surface area contributed by atoms with Crippen molar-refractivity contribution in [2.24, 2.45) is 11.5 Å². The quantitative estimate of drug-likeness (QED) is 0.0336. The van der Waals surface area contributed by atoms with Crippen LogP contribution in [0.3, 0.4) is 0 Å². The Hall–Kier alpha value is -4.76. The molecule has 0 aliphatic carbocycles. The number of hydrogen-bond acceptors (Lipinski definition) is 15. The molecule has 0 bridgehead atoms. The third-order valence-corrected chi connectivity index (χ3v) is 8.41. The molecule has 1 fully saturated rings. The first-order valence-corrected chi connectivity index (χ1v) is 18.1. The molecule has 0 saturated carbocycles. The maximum absolute atomic E-state index is 13.4. The van der Waals surface area contributed by atoms with Gasteiger partial charge in [0.1, 0.15) is 48.8 Å². The first kappa shape index (κ1) is 46.4. The van der Waals surface area contributed by atoms with Crippen LogP contribution in [-0.2, 0) is 47.8 Å². The standard InChI is InChI=1S/C35H55N7O13/c1-5-9-28(46)52-18-26-30(47)31(29(35(51)55-26)40-22(4)44)53-20(2)17-42(33(49)21(3)36)25(32(37)48)12-13-27(45)41-24(11-6-7-14-39-19-43)34(50)54-23-10-8-15-38-16-23/h8,10,15-16,19-21,24-26,29-31,35,47,51H,5-7,9,11-14,17-18,36H2,1-4H3,(H2,37,48)(H,39,43)(H,40,44)(H,41,45)/t20?,21-,24-,25+,26+,29+,30+,31+,35-/m0/s1. The van der Waals surface area contributed by atoms with Crippen LogP contribution in [0.15, 0.2) is 24.5 Å². The van der Waals surface area contributed by atoms with Gasteiger partial charge in [0.05, 0.1) is 18.3 Å². The van der Waals surface area contributed by atoms with Crippen LogP contribution in [0.5, 0.6) is 5.75 Å². The number of hydrogen-bond donors (Lipinski definition) is 7. The molecule has 1 aliphatic rings. The second kappa shape index (κ2) is 23.9. The van der Waals surface area contributed by atoms with E-state index in [9.17, 15) is 43.8 Å². The summed E-state index contributed by atoms with van der Waals surface area (Å²) < 4.78 is 22.1. The van der Waals surface area contributed by atoms with Gasteiger partial charge in [0.15, 0.2) is 6.29 Å². The van der Waals surface area contributed by atoms with Gasteiger partial charge in [0.2, 0.25) is 30.0 Å². The number of carbonyl (C=O) groups excluding carboxylic acids is 7. The monoisotopic (exact) mass is 781 g/mol. The van der Waals surface area contributed by atoms with Crippen LogP contribution in [0.25, 0.3) is 0 Å². The summed E-state index contributed by atoms with van der Waals surface area (Å²) in [5.74, 6) is -4.12. The number of aromatic nitrogens is 1. The maximum atomic E-state index is 13.4. The number of nitrogens with one attached hydrogen (secondary N) is 3. The van der Waals surface area contributed by atoms with Crippen molar-refractivity contribution in [3.8, 4) is 5.75 Å². The lowest BCUT2D eigenvalue weighted by Crippen LogP contribution is -2.65. The molecule has 20 heteroatoms. The lowest BCUT2D eigenvalue weighted by Gasteiger charge is -2.44. The van der Waals surface area contributed by atoms with Gasteiger partial charge < -0.3 is 61.5 Å². The molecule has 1 aromatic rings. The fraction of sp³-hybridized carbons (Fsp3) is 0.657. The van der Waals surface area contributed by atoms with Gasteiger partial charge in [-0.1, -0.05) is 6.92 Å². The van der Waals surface area contributed by atoms with E-state index in [0.717, 1.165) is 4.90 Å². The second-order valence-corrected chi connectivity index (χ2v) is 13.2. The molecule has 2 heterocycles. The Kier molecular flexibility index (Phi) is 20.2. The zero-order valence-corrected chi connectivity index (χ0v) is 31.6. The van der Waals surface area contributed by atoms with Gasteiger partial charge in [0.25, 0.3) is 0 Å². The molecule has 0 aromatic carbocycles. The molecule has 1 saturated heterocycles. The van der Waals surface area contributed by atoms with Crippen LogP contribution in [0.2, 0.25) is 0 Å². The summed E-state index contributed by atoms with van der Waals surface area (Å²) in [5.41, 5.74) is 11.7. The van der Waals surface area contributed by atoms with Gasteiger partial charge in [-0.25, -0.2) is 4.79 Å². The summed E-state index contributed by atoms with van der Waals surface area (Å²) in [4.78, 5) is 92.0. The molecule has 2 rings (SSSR count). The summed E-state index contributed by atoms with van der Waals surface area (Å²) in [6.07, 6.45) is -2.47. The van der Waals surface area contributed by atoms with Crippen molar-refractivity contribution in [2.45, 2.75) is 128 Å². The number of pyridine rings is 1. The summed E-state index contributed by atoms with van der Waals surface area (Å²) >= 11 is 0. The predicted molar refractivity (Wildman–Crippen MR) is 192 cm³/mol. The number of esters is 2. The molecular weight excluding hydrogens is 726 g/mol. The van der Waals surface area contributed by atoms with E-state index in [1.54, 1.807) is 13.0 Å². The highest BCUT2D eigenvalue weighted by atomic mass is 16.6. The van der Waals surface area contributed by atoms with Gasteiger partial charge in [0, 0.05) is 39.1 Å². The van der Waals surface area contributed by atoms with Gasteiger partial charge in [-0.15, -0.1) is 0 Å². The Morgan fingerprint density at radius 1 is 1.11 bits per heavy atom. The summed E-state index contributed by atoms with van der Waals surface area (Å²) in [6, 6.07) is -1.86. The molecule has 1 aliphatic heterocycles. The molecular formula is C35H55N7O13. The first-order valence-electron chi connectivity index (χ1n) is 18.1. The van der Waals surface area contributed by atoms with Crippen LogP contribution in [0.4, 0.5) is 0 Å². The third-order valence-electron chi connectivity index (χ3n) is 8.41. The Bertz CT molecular complexity index is 1420. The zero-order chi connectivity index (χ0) is 41.1. The second-order valence-electron chi connectivity index (χ2n) is 13.2. The lowest BCUT2D eigenvalue weighted by molar-refractivity contribution is -0.269. The Morgan fingerprint density at radius 2 is 1.84 bits per heavy atom. The number of rotatable bonds is 24. The topological polar surface area (TPSA) is 301 Å². The summed E-state index contributed by atoms with van der Waals surface area (Å²) in [7, 11) is 0. The van der Waals surface area contributed by atoms with E-state index in [4.69, 9.17) is 30.4 Å². The predicted octanol–water partition coefficient (Wildman–Crippen LogP) is -2.10. The minimum Gasteiger partial charge on any atom is -0.463 e. The highest BCUT2D eigenvalue weighted by molar-refractivity contribution is 5.90. The van der Waals surface area contributed by atoms with E-state index < -0.39 is 97.0 Å². The number of carbonyl (C=O) groups is 7. The van der Waals surface area contributed by atoms with Gasteiger partial charge in [-0.2, -0.15) is 0 Å². The highest BCUT2D eigenvalue weighted by Crippen LogP contribution is 2.25. The van der Waals surface area contributed by atoms with Gasteiger partial charge in [-0.05, 0) is 58.1 Å². The molecule has 308 valence electrons. The number of amides is 5. The van der Waals surface area contributed by atoms with Crippen molar-refractivity contribution >= 4 is 42.0 Å². The SMILES string of the molecule is CCCC(=O)OC[C@H]1O[C@H](O)[C@H](NC(C)=O)[C@@H](OC(C)CN(C(=O)[C@H](C)N)[C@H](CCC(=O)N[C@@H](CCCCNC=O)C(=O)Oc2cccnc2)C(N)=O)[C@@H]1O. The Labute approximate surface area is 319 Å². The highest BCUT2D eigenvalue weighted by Gasteiger charge is 2.47. The number of nitrogens with zero attached hydrogens (tertiary/aromatic N) is 2. The summed E-state index contributed by atoms with van der Waals surface area (Å²) in [5, 5.41) is 29.5. The Morgan fingerprint density at radius 3 is 2.44 bits per heavy atom. The van der Waals surface area contributed by atoms with Crippen LogP contribution in [0.1, 0.15) is 72.6 Å². The minimum atomic E-state index is -1.70. The van der Waals surface area contributed by atoms with Crippen LogP contribution in [0, 0.1) is 0 Å². The van der Waals surface area contributed by atoms with Crippen molar-refractivity contribution in [1.82, 2.24) is 25.8 Å². The minimum absolute atomic E-state index is 0.115. The molecule has 1 unspecified atom stereocenters. The van der Waals surface area contributed by atoms with Crippen molar-refractivity contribution in [2.75, 3.05) is 19.7 Å². The van der Waals surface area contributed by atoms with E-state index in [-0.39, 0.29) is 38.0 Å². The average Bonchev–Trinajstić information content (AvgIpc) is 3.12. The first-order chi connectivity index (χ1) is 26.1. The number of unbranched alkanes of at least 4 members (excludes halogenated alkanes) is 1. The van der Waals surface area contributed by atoms with E-state index in [1.807, 2.05) is 0 Å². The molecule has 1 aromatic heterocycles. The molecule has 55 heavy (non-hydrogen) atoms. The van der Waals surface area contributed by atoms with E-state index >= 15 is 0 Å². The van der Waals surface area contributed by atoms with E-state index in [1.165, 1.54) is 39.2 Å². The van der Waals surface area contributed by atoms with Crippen molar-refractivity contribution in [1.29, 1.82) is 0 Å². The van der Waals surface area contributed by atoms with Crippen LogP contribution >= 0.6 is 0 Å². The fourth-order valence-electron chi connectivity index (χ4n) is 5.76. The lowest BCUT2D eigenvalue weighted by atomic mass is 9.96. The molecule has 5 amide bonds. The van der Waals surface area contributed by atoms with Gasteiger partial charge in [-0.3, -0.25) is 33.8 Å². The van der Waals surface area contributed by atoms with Gasteiger partial charge >= 0.3 is 11.9 Å². The average molecular weight is 782 g/mol. The largest absolute Gasteiger partial charge is 0.463 e. The van der Waals surface area contributed by atoms with Crippen molar-refractivity contribution in [3.63, 3.8) is 0 Å². The number of aliphatic hydroxyl groups excluding tert-OH is 2. The third kappa shape index (κ3) is 15.9. The van der Waals surface area contributed by atoms with Crippen molar-refractivity contribution < 1.29 is 62.7 Å². The van der Waals surface area contributed by atoms with Crippen LogP contribution in [-0.4, -0.2) is 137 Å². The van der Waals surface area contributed by atoms with Crippen LogP contribution < -0.4 is 32.2 Å². The van der Waals surface area contributed by atoms with E-state index in [0.29, 0.717) is 32.2 Å².